The minimum absolute atomic E-state index is 0.0471. The number of aliphatic hydroxyl groups excluding tert-OH is 1. The van der Waals surface area contributed by atoms with E-state index in [1.165, 1.54) is 11.1 Å². The third kappa shape index (κ3) is 5.66. The third-order valence-corrected chi connectivity index (χ3v) is 5.86. The van der Waals surface area contributed by atoms with Crippen molar-refractivity contribution in [1.82, 2.24) is 5.32 Å². The Morgan fingerprint density at radius 1 is 1.14 bits per heavy atom. The van der Waals surface area contributed by atoms with E-state index in [1.807, 2.05) is 48.5 Å². The average Bonchev–Trinajstić information content (AvgIpc) is 2.71. The van der Waals surface area contributed by atoms with E-state index in [0.29, 0.717) is 13.0 Å². The van der Waals surface area contributed by atoms with E-state index >= 15 is 0 Å². The van der Waals surface area contributed by atoms with Crippen molar-refractivity contribution < 1.29 is 14.6 Å². The molecule has 4 nitrogen and oxygen atoms in total. The molecule has 0 heterocycles. The Kier molecular flexibility index (Phi) is 7.24. The summed E-state index contributed by atoms with van der Waals surface area (Å²) in [5, 5.41) is 12.7. The van der Waals surface area contributed by atoms with Gasteiger partial charge in [0.25, 0.3) is 0 Å². The zero-order valence-electron chi connectivity index (χ0n) is 16.6. The van der Waals surface area contributed by atoms with E-state index in [9.17, 15) is 9.90 Å². The molecule has 1 saturated carbocycles. The van der Waals surface area contributed by atoms with Crippen molar-refractivity contribution in [1.29, 1.82) is 0 Å². The first-order valence-electron chi connectivity index (χ1n) is 10.2. The summed E-state index contributed by atoms with van der Waals surface area (Å²) in [7, 11) is 0. The Hall–Kier alpha value is -2.17. The first-order chi connectivity index (χ1) is 13.6. The second-order valence-electron chi connectivity index (χ2n) is 7.98. The molecule has 3 unspecified atom stereocenters. The van der Waals surface area contributed by atoms with E-state index < -0.39 is 0 Å². The normalized spacial score (nSPS) is 22.3. The molecule has 1 fully saturated rings. The standard InChI is InChI=1S/C24H31NO3/c1-24(15-14-21(24)17-26)28-18-22(16-20-10-6-3-7-11-20)25-23(27)13-12-19-8-4-2-5-9-19/h2-11,21-22,26H,12-18H2,1H3,(H,25,27). The number of rotatable bonds is 10. The van der Waals surface area contributed by atoms with Crippen LogP contribution in [0.15, 0.2) is 60.7 Å². The van der Waals surface area contributed by atoms with Gasteiger partial charge < -0.3 is 15.2 Å². The number of carbonyl (C=O) groups excluding carboxylic acids is 1. The van der Waals surface area contributed by atoms with E-state index in [1.54, 1.807) is 0 Å². The third-order valence-electron chi connectivity index (χ3n) is 5.86. The molecule has 1 aliphatic rings. The van der Waals surface area contributed by atoms with Gasteiger partial charge in [0.1, 0.15) is 0 Å². The summed E-state index contributed by atoms with van der Waals surface area (Å²) in [4.78, 5) is 12.5. The predicted molar refractivity (Wildman–Crippen MR) is 111 cm³/mol. The van der Waals surface area contributed by atoms with Crippen LogP contribution in [0, 0.1) is 5.92 Å². The van der Waals surface area contributed by atoms with Gasteiger partial charge in [-0.1, -0.05) is 60.7 Å². The van der Waals surface area contributed by atoms with Crippen LogP contribution < -0.4 is 5.32 Å². The molecule has 1 aliphatic carbocycles. The van der Waals surface area contributed by atoms with Crippen molar-refractivity contribution in [3.8, 4) is 0 Å². The summed E-state index contributed by atoms with van der Waals surface area (Å²) in [6.07, 6.45) is 3.89. The van der Waals surface area contributed by atoms with Crippen molar-refractivity contribution in [3.05, 3.63) is 71.8 Å². The van der Waals surface area contributed by atoms with Crippen LogP contribution in [0.5, 0.6) is 0 Å². The Morgan fingerprint density at radius 2 is 1.79 bits per heavy atom. The lowest BCUT2D eigenvalue weighted by molar-refractivity contribution is -0.152. The quantitative estimate of drug-likeness (QED) is 0.662. The zero-order valence-corrected chi connectivity index (χ0v) is 16.6. The van der Waals surface area contributed by atoms with E-state index in [2.05, 4.69) is 24.4 Å². The Balaban J connectivity index is 1.56. The Bertz CT molecular complexity index is 732. The van der Waals surface area contributed by atoms with Crippen LogP contribution in [0.2, 0.25) is 0 Å². The molecule has 150 valence electrons. The van der Waals surface area contributed by atoms with Crippen LogP contribution >= 0.6 is 0 Å². The van der Waals surface area contributed by atoms with E-state index in [-0.39, 0.29) is 30.1 Å². The van der Waals surface area contributed by atoms with Crippen molar-refractivity contribution in [2.75, 3.05) is 13.2 Å². The van der Waals surface area contributed by atoms with Crippen LogP contribution in [0.3, 0.4) is 0 Å². The molecular formula is C24H31NO3. The van der Waals surface area contributed by atoms with Gasteiger partial charge in [-0.05, 0) is 43.7 Å². The number of aryl methyl sites for hydroxylation is 1. The maximum Gasteiger partial charge on any atom is 0.220 e. The number of aliphatic hydroxyl groups is 1. The monoisotopic (exact) mass is 381 g/mol. The first-order valence-corrected chi connectivity index (χ1v) is 10.2. The fourth-order valence-corrected chi connectivity index (χ4v) is 3.77. The maximum absolute atomic E-state index is 12.5. The van der Waals surface area contributed by atoms with Gasteiger partial charge in [-0.3, -0.25) is 4.79 Å². The summed E-state index contributed by atoms with van der Waals surface area (Å²) < 4.78 is 6.19. The molecule has 0 radical (unpaired) electrons. The largest absolute Gasteiger partial charge is 0.396 e. The van der Waals surface area contributed by atoms with Crippen molar-refractivity contribution >= 4 is 5.91 Å². The number of amides is 1. The van der Waals surface area contributed by atoms with E-state index in [4.69, 9.17) is 4.74 Å². The molecule has 2 aromatic carbocycles. The van der Waals surface area contributed by atoms with Crippen molar-refractivity contribution in [3.63, 3.8) is 0 Å². The summed E-state index contributed by atoms with van der Waals surface area (Å²) in [5.41, 5.74) is 2.07. The van der Waals surface area contributed by atoms with Gasteiger partial charge >= 0.3 is 0 Å². The molecule has 0 aromatic heterocycles. The molecule has 3 atom stereocenters. The molecule has 0 spiro atoms. The van der Waals surface area contributed by atoms with Crippen LogP contribution in [0.4, 0.5) is 0 Å². The number of nitrogens with one attached hydrogen (secondary N) is 1. The number of benzene rings is 2. The number of ether oxygens (including phenoxy) is 1. The lowest BCUT2D eigenvalue weighted by Crippen LogP contribution is -2.51. The lowest BCUT2D eigenvalue weighted by Gasteiger charge is -2.46. The van der Waals surface area contributed by atoms with Crippen molar-refractivity contribution in [2.24, 2.45) is 5.92 Å². The lowest BCUT2D eigenvalue weighted by atomic mass is 9.71. The molecule has 0 aliphatic heterocycles. The first kappa shape index (κ1) is 20.6. The van der Waals surface area contributed by atoms with Gasteiger partial charge in [-0.2, -0.15) is 0 Å². The van der Waals surface area contributed by atoms with Gasteiger partial charge in [0.05, 0.1) is 18.2 Å². The van der Waals surface area contributed by atoms with Crippen LogP contribution in [-0.4, -0.2) is 35.9 Å². The maximum atomic E-state index is 12.5. The highest BCUT2D eigenvalue weighted by Gasteiger charge is 2.43. The number of hydrogen-bond acceptors (Lipinski definition) is 3. The summed E-state index contributed by atoms with van der Waals surface area (Å²) in [6.45, 7) is 2.68. The molecule has 0 bridgehead atoms. The average molecular weight is 382 g/mol. The summed E-state index contributed by atoms with van der Waals surface area (Å²) in [6, 6.07) is 20.2. The predicted octanol–water partition coefficient (Wildman–Crippen LogP) is 3.52. The molecule has 28 heavy (non-hydrogen) atoms. The fraction of sp³-hybridized carbons (Fsp3) is 0.458. The topological polar surface area (TPSA) is 58.6 Å². The minimum atomic E-state index is -0.279. The Morgan fingerprint density at radius 3 is 2.36 bits per heavy atom. The molecular weight excluding hydrogens is 350 g/mol. The van der Waals surface area contributed by atoms with Crippen LogP contribution in [0.1, 0.15) is 37.3 Å². The van der Waals surface area contributed by atoms with Crippen LogP contribution in [0.25, 0.3) is 0 Å². The number of carbonyl (C=O) groups is 1. The van der Waals surface area contributed by atoms with E-state index in [0.717, 1.165) is 25.7 Å². The zero-order chi connectivity index (χ0) is 19.8. The smallest absolute Gasteiger partial charge is 0.220 e. The van der Waals surface area contributed by atoms with Crippen molar-refractivity contribution in [2.45, 2.75) is 50.7 Å². The van der Waals surface area contributed by atoms with Gasteiger partial charge in [-0.25, -0.2) is 0 Å². The van der Waals surface area contributed by atoms with Gasteiger partial charge in [-0.15, -0.1) is 0 Å². The highest BCUT2D eigenvalue weighted by molar-refractivity contribution is 5.76. The van der Waals surface area contributed by atoms with Crippen LogP contribution in [-0.2, 0) is 22.4 Å². The highest BCUT2D eigenvalue weighted by Crippen LogP contribution is 2.41. The Labute approximate surface area is 167 Å². The second-order valence-corrected chi connectivity index (χ2v) is 7.98. The SMILES string of the molecule is CC1(OCC(Cc2ccccc2)NC(=O)CCc2ccccc2)CCC1CO. The van der Waals surface area contributed by atoms with Gasteiger partial charge in [0, 0.05) is 18.9 Å². The highest BCUT2D eigenvalue weighted by atomic mass is 16.5. The molecule has 0 saturated heterocycles. The number of hydrogen-bond donors (Lipinski definition) is 2. The molecule has 2 aromatic rings. The molecule has 1 amide bonds. The summed E-state index contributed by atoms with van der Waals surface area (Å²) >= 11 is 0. The molecule has 4 heteroatoms. The summed E-state index contributed by atoms with van der Waals surface area (Å²) in [5.74, 6) is 0.240. The van der Waals surface area contributed by atoms with Gasteiger partial charge in [0.15, 0.2) is 0 Å². The molecule has 3 rings (SSSR count). The molecule has 2 N–H and O–H groups in total. The minimum Gasteiger partial charge on any atom is -0.396 e. The second kappa shape index (κ2) is 9.85. The fourth-order valence-electron chi connectivity index (χ4n) is 3.77. The van der Waals surface area contributed by atoms with Gasteiger partial charge in [0.2, 0.25) is 5.91 Å².